The van der Waals surface area contributed by atoms with Gasteiger partial charge in [-0.1, -0.05) is 12.1 Å². The molecular weight excluding hydrogens is 256 g/mol. The molecule has 0 unspecified atom stereocenters. The first-order chi connectivity index (χ1) is 9.15. The number of aliphatic hydroxyl groups excluding tert-OH is 1. The second kappa shape index (κ2) is 6.16. The average Bonchev–Trinajstić information content (AvgIpc) is 2.36. The maximum Gasteiger partial charge on any atom is 0.272 e. The summed E-state index contributed by atoms with van der Waals surface area (Å²) in [6.45, 7) is 0.901. The van der Waals surface area contributed by atoms with Gasteiger partial charge < -0.3 is 19.9 Å². The van der Waals surface area contributed by atoms with Crippen LogP contribution in [0.3, 0.4) is 0 Å². The van der Waals surface area contributed by atoms with Crippen molar-refractivity contribution >= 4 is 5.69 Å². The molecule has 0 radical (unpaired) electrons. The summed E-state index contributed by atoms with van der Waals surface area (Å²) in [6.07, 6.45) is -2.50. The van der Waals surface area contributed by atoms with E-state index < -0.39 is 13.0 Å². The minimum atomic E-state index is -2.50. The second-order valence-electron chi connectivity index (χ2n) is 4.70. The number of anilines is 1. The summed E-state index contributed by atoms with van der Waals surface area (Å²) >= 11 is 0. The molecule has 2 N–H and O–H groups in total. The molecule has 1 saturated heterocycles. The Morgan fingerprint density at radius 3 is 2.68 bits per heavy atom. The number of hydrogen-bond acceptors (Lipinski definition) is 4. The van der Waals surface area contributed by atoms with Crippen LogP contribution in [-0.2, 0) is 4.74 Å². The van der Waals surface area contributed by atoms with Crippen molar-refractivity contribution in [1.82, 2.24) is 0 Å². The van der Waals surface area contributed by atoms with Gasteiger partial charge in [0.2, 0.25) is 0 Å². The van der Waals surface area contributed by atoms with Crippen molar-refractivity contribution in [2.24, 2.45) is 5.41 Å². The average molecular weight is 273 g/mol. The molecule has 1 aromatic rings. The monoisotopic (exact) mass is 273 g/mol. The number of benzene rings is 1. The van der Waals surface area contributed by atoms with E-state index in [0.29, 0.717) is 31.2 Å². The fraction of sp³-hybridized carbons (Fsp3) is 0.538. The number of alkyl halides is 2. The highest BCUT2D eigenvalue weighted by atomic mass is 19.3. The van der Waals surface area contributed by atoms with Gasteiger partial charge in [-0.15, -0.1) is 0 Å². The van der Waals surface area contributed by atoms with Crippen molar-refractivity contribution in [3.05, 3.63) is 24.3 Å². The van der Waals surface area contributed by atoms with Gasteiger partial charge in [-0.3, -0.25) is 0 Å². The first-order valence-corrected chi connectivity index (χ1v) is 6.08. The molecule has 1 aromatic carbocycles. The van der Waals surface area contributed by atoms with Crippen molar-refractivity contribution in [3.63, 3.8) is 0 Å². The normalized spacial score (nSPS) is 17.1. The van der Waals surface area contributed by atoms with Gasteiger partial charge in [0.1, 0.15) is 12.4 Å². The lowest BCUT2D eigenvalue weighted by Gasteiger charge is -2.40. The number of nitrogens with one attached hydrogen (secondary N) is 1. The van der Waals surface area contributed by atoms with Crippen LogP contribution in [0.5, 0.6) is 5.75 Å². The van der Waals surface area contributed by atoms with E-state index in [1.165, 1.54) is 0 Å². The summed E-state index contributed by atoms with van der Waals surface area (Å²) in [5.41, 5.74) is 0.360. The van der Waals surface area contributed by atoms with Gasteiger partial charge in [-0.05, 0) is 12.1 Å². The van der Waals surface area contributed by atoms with Crippen LogP contribution in [0, 0.1) is 5.41 Å². The molecule has 6 heteroatoms. The van der Waals surface area contributed by atoms with E-state index in [9.17, 15) is 13.9 Å². The van der Waals surface area contributed by atoms with Crippen LogP contribution in [0.1, 0.15) is 0 Å². The van der Waals surface area contributed by atoms with Crippen LogP contribution in [0.4, 0.5) is 14.5 Å². The lowest BCUT2D eigenvalue weighted by atomic mass is 9.87. The molecule has 19 heavy (non-hydrogen) atoms. The van der Waals surface area contributed by atoms with Crippen molar-refractivity contribution < 1.29 is 23.4 Å². The Morgan fingerprint density at radius 1 is 1.37 bits per heavy atom. The maximum absolute atomic E-state index is 12.2. The van der Waals surface area contributed by atoms with E-state index in [1.54, 1.807) is 24.3 Å². The Hall–Kier alpha value is -1.40. The summed E-state index contributed by atoms with van der Waals surface area (Å²) in [6, 6.07) is 6.90. The Bertz CT molecular complexity index is 405. The second-order valence-corrected chi connectivity index (χ2v) is 4.70. The molecule has 4 nitrogen and oxygen atoms in total. The number of para-hydroxylation sites is 2. The fourth-order valence-electron chi connectivity index (χ4n) is 1.81. The maximum atomic E-state index is 12.2. The standard InChI is InChI=1S/C13H17F2NO3/c14-12(15)5-19-11-4-2-1-3-10(11)16-6-13(7-17)8-18-9-13/h1-4,12,16-17H,5-9H2. The highest BCUT2D eigenvalue weighted by molar-refractivity contribution is 5.56. The van der Waals surface area contributed by atoms with Gasteiger partial charge in [0.25, 0.3) is 6.43 Å². The highest BCUT2D eigenvalue weighted by Gasteiger charge is 2.37. The van der Waals surface area contributed by atoms with Gasteiger partial charge >= 0.3 is 0 Å². The number of hydrogen-bond donors (Lipinski definition) is 2. The van der Waals surface area contributed by atoms with Crippen LogP contribution in [0.2, 0.25) is 0 Å². The van der Waals surface area contributed by atoms with E-state index >= 15 is 0 Å². The third-order valence-corrected chi connectivity index (χ3v) is 3.06. The summed E-state index contributed by atoms with van der Waals surface area (Å²) in [5.74, 6) is 0.385. The van der Waals surface area contributed by atoms with E-state index in [1.807, 2.05) is 0 Å². The summed E-state index contributed by atoms with van der Waals surface area (Å²) in [4.78, 5) is 0. The van der Waals surface area contributed by atoms with Crippen LogP contribution in [0.15, 0.2) is 24.3 Å². The summed E-state index contributed by atoms with van der Waals surface area (Å²) in [7, 11) is 0. The molecule has 1 heterocycles. The number of rotatable bonds is 7. The van der Waals surface area contributed by atoms with E-state index in [0.717, 1.165) is 0 Å². The fourth-order valence-corrected chi connectivity index (χ4v) is 1.81. The molecule has 0 atom stereocenters. The van der Waals surface area contributed by atoms with Gasteiger partial charge in [0.15, 0.2) is 0 Å². The van der Waals surface area contributed by atoms with Crippen molar-refractivity contribution in [2.45, 2.75) is 6.43 Å². The molecule has 0 saturated carbocycles. The number of ether oxygens (including phenoxy) is 2. The molecule has 0 aliphatic carbocycles. The molecule has 0 amide bonds. The van der Waals surface area contributed by atoms with Gasteiger partial charge in [-0.25, -0.2) is 8.78 Å². The van der Waals surface area contributed by atoms with Crippen LogP contribution in [-0.4, -0.2) is 44.5 Å². The van der Waals surface area contributed by atoms with Crippen molar-refractivity contribution in [1.29, 1.82) is 0 Å². The first kappa shape index (κ1) is 14.0. The topological polar surface area (TPSA) is 50.7 Å². The van der Waals surface area contributed by atoms with Crippen molar-refractivity contribution in [3.8, 4) is 5.75 Å². The Balaban J connectivity index is 1.95. The van der Waals surface area contributed by atoms with Crippen molar-refractivity contribution in [2.75, 3.05) is 38.3 Å². The highest BCUT2D eigenvalue weighted by Crippen LogP contribution is 2.30. The van der Waals surface area contributed by atoms with Gasteiger partial charge in [0, 0.05) is 6.54 Å². The molecule has 106 valence electrons. The number of halogens is 2. The first-order valence-electron chi connectivity index (χ1n) is 6.08. The summed E-state index contributed by atoms with van der Waals surface area (Å²) in [5, 5.41) is 12.4. The van der Waals surface area contributed by atoms with E-state index in [2.05, 4.69) is 5.32 Å². The Kier molecular flexibility index (Phi) is 4.55. The molecule has 1 aliphatic heterocycles. The minimum Gasteiger partial charge on any atom is -0.485 e. The molecule has 2 rings (SSSR count). The zero-order valence-electron chi connectivity index (χ0n) is 10.4. The lowest BCUT2D eigenvalue weighted by molar-refractivity contribution is -0.128. The zero-order valence-corrected chi connectivity index (χ0v) is 10.4. The molecule has 1 aliphatic rings. The van der Waals surface area contributed by atoms with Crippen LogP contribution >= 0.6 is 0 Å². The van der Waals surface area contributed by atoms with E-state index in [-0.39, 0.29) is 12.0 Å². The zero-order chi connectivity index (χ0) is 13.7. The molecular formula is C13H17F2NO3. The molecule has 1 fully saturated rings. The van der Waals surface area contributed by atoms with Crippen LogP contribution < -0.4 is 10.1 Å². The molecule has 0 bridgehead atoms. The number of aliphatic hydroxyl groups is 1. The van der Waals surface area contributed by atoms with Gasteiger partial charge in [0.05, 0.1) is 30.9 Å². The molecule has 0 aromatic heterocycles. The lowest BCUT2D eigenvalue weighted by Crippen LogP contribution is -2.50. The predicted molar refractivity (Wildman–Crippen MR) is 66.8 cm³/mol. The Morgan fingerprint density at radius 2 is 2.11 bits per heavy atom. The van der Waals surface area contributed by atoms with Crippen LogP contribution in [0.25, 0.3) is 0 Å². The Labute approximate surface area is 110 Å². The predicted octanol–water partition coefficient (Wildman–Crippen LogP) is 1.75. The largest absolute Gasteiger partial charge is 0.485 e. The third kappa shape index (κ3) is 3.54. The molecule has 0 spiro atoms. The van der Waals surface area contributed by atoms with Gasteiger partial charge in [-0.2, -0.15) is 0 Å². The SMILES string of the molecule is OCC1(CNc2ccccc2OCC(F)F)COC1. The minimum absolute atomic E-state index is 0.0278. The summed E-state index contributed by atoms with van der Waals surface area (Å²) < 4.78 is 34.4. The van der Waals surface area contributed by atoms with E-state index in [4.69, 9.17) is 9.47 Å². The third-order valence-electron chi connectivity index (χ3n) is 3.06. The smallest absolute Gasteiger partial charge is 0.272 e. The quantitative estimate of drug-likeness (QED) is 0.794.